The number of Topliss-reactive ketones (excluding diaryl/α,β-unsaturated/α-hetero) is 1. The fourth-order valence-electron chi connectivity index (χ4n) is 6.09. The van der Waals surface area contributed by atoms with E-state index in [-0.39, 0.29) is 30.4 Å². The van der Waals surface area contributed by atoms with E-state index in [2.05, 4.69) is 15.2 Å². The molecule has 43 heavy (non-hydrogen) atoms. The Hall–Kier alpha value is -4.70. The van der Waals surface area contributed by atoms with Crippen LogP contribution in [0.4, 0.5) is 4.39 Å². The van der Waals surface area contributed by atoms with Crippen molar-refractivity contribution in [2.24, 2.45) is 5.92 Å². The van der Waals surface area contributed by atoms with Crippen molar-refractivity contribution in [3.63, 3.8) is 0 Å². The Morgan fingerprint density at radius 3 is 2.65 bits per heavy atom. The predicted molar refractivity (Wildman–Crippen MR) is 156 cm³/mol. The molecule has 0 bridgehead atoms. The number of halogens is 1. The second kappa shape index (κ2) is 10.2. The monoisotopic (exact) mass is 579 g/mol. The van der Waals surface area contributed by atoms with Gasteiger partial charge in [-0.1, -0.05) is 6.07 Å². The van der Waals surface area contributed by atoms with E-state index >= 15 is 0 Å². The average molecular weight is 580 g/mol. The molecule has 0 radical (unpaired) electrons. The molecule has 218 valence electrons. The highest BCUT2D eigenvalue weighted by Crippen LogP contribution is 2.52. The average Bonchev–Trinajstić information content (AvgIpc) is 3.64. The molecule has 1 N–H and O–H groups in total. The third-order valence-corrected chi connectivity index (χ3v) is 8.80. The van der Waals surface area contributed by atoms with Gasteiger partial charge >= 0.3 is 0 Å². The minimum atomic E-state index is -1.36. The second-order valence-corrected chi connectivity index (χ2v) is 11.5. The zero-order chi connectivity index (χ0) is 29.8. The number of carbonyl (C=O) groups is 1. The van der Waals surface area contributed by atoms with Crippen molar-refractivity contribution in [3.8, 4) is 22.8 Å². The van der Waals surface area contributed by atoms with Crippen molar-refractivity contribution in [1.29, 1.82) is 0 Å². The summed E-state index contributed by atoms with van der Waals surface area (Å²) in [5.41, 5.74) is 1.61. The normalized spacial score (nSPS) is 19.1. The number of pyridine rings is 2. The molecule has 1 aliphatic heterocycles. The van der Waals surface area contributed by atoms with Crippen molar-refractivity contribution in [3.05, 3.63) is 96.1 Å². The number of hydrogen-bond acceptors (Lipinski definition) is 8. The summed E-state index contributed by atoms with van der Waals surface area (Å²) in [6.07, 6.45) is 6.89. The molecule has 2 aromatic carbocycles. The summed E-state index contributed by atoms with van der Waals surface area (Å²) < 4.78 is 27.5. The van der Waals surface area contributed by atoms with Crippen molar-refractivity contribution >= 4 is 16.7 Å². The minimum absolute atomic E-state index is 0.0502. The Kier molecular flexibility index (Phi) is 6.46. The van der Waals surface area contributed by atoms with Gasteiger partial charge in [0.25, 0.3) is 0 Å². The third kappa shape index (κ3) is 4.62. The van der Waals surface area contributed by atoms with E-state index < -0.39 is 11.1 Å². The Morgan fingerprint density at radius 1 is 1.16 bits per heavy atom. The lowest BCUT2D eigenvalue weighted by Gasteiger charge is -2.30. The van der Waals surface area contributed by atoms with Gasteiger partial charge in [-0.2, -0.15) is 0 Å². The summed E-state index contributed by atoms with van der Waals surface area (Å²) >= 11 is 0. The maximum Gasteiger partial charge on any atom is 0.163 e. The first-order valence-electron chi connectivity index (χ1n) is 14.3. The van der Waals surface area contributed by atoms with Gasteiger partial charge in [-0.15, -0.1) is 10.2 Å². The molecule has 0 unspecified atom stereocenters. The van der Waals surface area contributed by atoms with Crippen LogP contribution in [0.5, 0.6) is 11.5 Å². The Balaban J connectivity index is 1.29. The van der Waals surface area contributed by atoms with Crippen molar-refractivity contribution in [2.75, 3.05) is 13.7 Å². The standard InChI is InChI=1S/C33H30FN5O4/c1-32(39-18-36-37-19-39)17-43-31-25(32)16-28(38-30(31)20-5-9-24(34)10-6-20)33(41,23-7-8-23)12-11-26(40)22-14-21-4-3-13-35-29(21)27(15-22)42-2/h3-6,9-10,13-16,18-19,23,41H,7-8,11-12,17H2,1-2H3/t32-,33+/m0/s1. The molecular weight excluding hydrogens is 549 g/mol. The van der Waals surface area contributed by atoms with Gasteiger partial charge in [-0.25, -0.2) is 9.37 Å². The van der Waals surface area contributed by atoms with Gasteiger partial charge < -0.3 is 19.1 Å². The zero-order valence-corrected chi connectivity index (χ0v) is 23.8. The number of rotatable bonds is 9. The Morgan fingerprint density at radius 2 is 1.93 bits per heavy atom. The fraction of sp³-hybridized carbons (Fsp3) is 0.303. The van der Waals surface area contributed by atoms with E-state index in [0.29, 0.717) is 46.1 Å². The Bertz CT molecular complexity index is 1840. The molecule has 1 saturated carbocycles. The number of methoxy groups -OCH3 is 1. The van der Waals surface area contributed by atoms with Crippen molar-refractivity contribution in [1.82, 2.24) is 24.7 Å². The number of fused-ring (bicyclic) bond motifs is 2. The number of nitrogens with zero attached hydrogens (tertiary/aromatic N) is 5. The highest BCUT2D eigenvalue weighted by Gasteiger charge is 2.49. The molecule has 10 heteroatoms. The van der Waals surface area contributed by atoms with Crippen LogP contribution in [-0.4, -0.2) is 49.3 Å². The van der Waals surface area contributed by atoms with E-state index in [1.54, 1.807) is 44.2 Å². The maximum absolute atomic E-state index is 13.9. The fourth-order valence-corrected chi connectivity index (χ4v) is 6.09. The van der Waals surface area contributed by atoms with Gasteiger partial charge in [0.2, 0.25) is 0 Å². The molecule has 7 rings (SSSR count). The topological polar surface area (TPSA) is 112 Å². The smallest absolute Gasteiger partial charge is 0.163 e. The summed E-state index contributed by atoms with van der Waals surface area (Å²) in [5.74, 6) is 0.571. The number of hydrogen-bond donors (Lipinski definition) is 1. The quantitative estimate of drug-likeness (QED) is 0.229. The maximum atomic E-state index is 13.9. The molecule has 0 amide bonds. The molecule has 3 aromatic heterocycles. The molecule has 9 nitrogen and oxygen atoms in total. The van der Waals surface area contributed by atoms with E-state index in [1.807, 2.05) is 35.8 Å². The molecule has 2 atom stereocenters. The molecular formula is C33H30FN5O4. The van der Waals surface area contributed by atoms with Crippen molar-refractivity contribution < 1.29 is 23.8 Å². The highest BCUT2D eigenvalue weighted by molar-refractivity contribution is 6.01. The van der Waals surface area contributed by atoms with Gasteiger partial charge in [0.15, 0.2) is 11.5 Å². The lowest BCUT2D eigenvalue weighted by molar-refractivity contribution is -0.00117. The van der Waals surface area contributed by atoms with Gasteiger partial charge in [0, 0.05) is 34.7 Å². The highest BCUT2D eigenvalue weighted by atomic mass is 19.1. The third-order valence-electron chi connectivity index (χ3n) is 8.80. The van der Waals surface area contributed by atoms with Crippen LogP contribution in [-0.2, 0) is 11.1 Å². The molecule has 2 aliphatic rings. The summed E-state index contributed by atoms with van der Waals surface area (Å²) in [5, 5.41) is 21.1. The van der Waals surface area contributed by atoms with Crippen LogP contribution in [0.25, 0.3) is 22.2 Å². The molecule has 1 aliphatic carbocycles. The number of aromatic nitrogens is 5. The Labute approximate surface area is 247 Å². The van der Waals surface area contributed by atoms with E-state index in [9.17, 15) is 14.3 Å². The van der Waals surface area contributed by atoms with Crippen LogP contribution in [0.15, 0.2) is 73.4 Å². The van der Waals surface area contributed by atoms with Crippen LogP contribution in [0, 0.1) is 11.7 Å². The summed E-state index contributed by atoms with van der Waals surface area (Å²) in [6.45, 7) is 2.32. The molecule has 1 fully saturated rings. The van der Waals surface area contributed by atoms with Crippen LogP contribution in [0.1, 0.15) is 54.2 Å². The second-order valence-electron chi connectivity index (χ2n) is 11.5. The van der Waals surface area contributed by atoms with Crippen LogP contribution in [0.2, 0.25) is 0 Å². The minimum Gasteiger partial charge on any atom is -0.494 e. The molecule has 0 spiro atoms. The van der Waals surface area contributed by atoms with Gasteiger partial charge in [0.05, 0.1) is 12.8 Å². The molecule has 5 aromatic rings. The number of benzene rings is 2. The number of ketones is 1. The van der Waals surface area contributed by atoms with E-state index in [1.165, 1.54) is 12.1 Å². The van der Waals surface area contributed by atoms with Crippen LogP contribution in [0.3, 0.4) is 0 Å². The SMILES string of the molecule is COc1cc(C(=O)CC[C@](O)(c2cc3c(c(-c4ccc(F)cc4)n2)OC[C@]3(C)n2cnnc2)C2CC2)cc2cccnc12. The first kappa shape index (κ1) is 27.2. The van der Waals surface area contributed by atoms with Crippen molar-refractivity contribution in [2.45, 2.75) is 43.7 Å². The van der Waals surface area contributed by atoms with Crippen LogP contribution < -0.4 is 9.47 Å². The van der Waals surface area contributed by atoms with E-state index in [0.717, 1.165) is 23.8 Å². The molecule has 4 heterocycles. The largest absolute Gasteiger partial charge is 0.494 e. The first-order chi connectivity index (χ1) is 20.8. The lowest BCUT2D eigenvalue weighted by Crippen LogP contribution is -2.34. The first-order valence-corrected chi connectivity index (χ1v) is 14.3. The van der Waals surface area contributed by atoms with Gasteiger partial charge in [0.1, 0.15) is 53.2 Å². The summed E-state index contributed by atoms with van der Waals surface area (Å²) in [7, 11) is 1.55. The molecule has 0 saturated heterocycles. The number of ether oxygens (including phenoxy) is 2. The number of aliphatic hydroxyl groups is 1. The zero-order valence-electron chi connectivity index (χ0n) is 23.8. The van der Waals surface area contributed by atoms with E-state index in [4.69, 9.17) is 14.5 Å². The predicted octanol–water partition coefficient (Wildman–Crippen LogP) is 5.45. The lowest BCUT2D eigenvalue weighted by atomic mass is 9.83. The summed E-state index contributed by atoms with van der Waals surface area (Å²) in [6, 6.07) is 15.2. The van der Waals surface area contributed by atoms with Crippen LogP contribution >= 0.6 is 0 Å². The summed E-state index contributed by atoms with van der Waals surface area (Å²) in [4.78, 5) is 22.9. The number of carbonyl (C=O) groups excluding carboxylic acids is 1. The van der Waals surface area contributed by atoms with Gasteiger partial charge in [-0.3, -0.25) is 9.78 Å². The van der Waals surface area contributed by atoms with Gasteiger partial charge in [-0.05, 0) is 80.6 Å².